The van der Waals surface area contributed by atoms with Gasteiger partial charge in [-0.15, -0.1) is 0 Å². The van der Waals surface area contributed by atoms with Crippen molar-refractivity contribution in [1.29, 1.82) is 0 Å². The molecule has 0 spiro atoms. The quantitative estimate of drug-likeness (QED) is 0.443. The van der Waals surface area contributed by atoms with Crippen molar-refractivity contribution in [3.63, 3.8) is 0 Å². The second kappa shape index (κ2) is 6.98. The molecular formula is C18H16F2O2. The highest BCUT2D eigenvalue weighted by Gasteiger charge is 2.14. The molecule has 2 rings (SSSR count). The Hall–Kier alpha value is -2.49. The van der Waals surface area contributed by atoms with Crippen LogP contribution in [0.3, 0.4) is 0 Å². The van der Waals surface area contributed by atoms with Gasteiger partial charge in [-0.1, -0.05) is 30.9 Å². The fourth-order valence-corrected chi connectivity index (χ4v) is 1.94. The molecule has 0 saturated heterocycles. The summed E-state index contributed by atoms with van der Waals surface area (Å²) in [5, 5.41) is 0. The van der Waals surface area contributed by atoms with Crippen LogP contribution in [0.5, 0.6) is 5.75 Å². The molecule has 1 aromatic rings. The first kappa shape index (κ1) is 15.9. The highest BCUT2D eigenvalue weighted by molar-refractivity contribution is 5.88. The molecule has 0 atom stereocenters. The van der Waals surface area contributed by atoms with E-state index in [1.807, 2.05) is 0 Å². The standard InChI is InChI=1S/C18H16F2O2/c1-12(2)18(21)22-14-10-8-13(9-11-14)15-6-4-3-5-7-16(19)17(15)20/h5-11H,1,3-4H2,2H3/b7-5+,15-6?,17-16?. The van der Waals surface area contributed by atoms with Crippen molar-refractivity contribution in [2.24, 2.45) is 0 Å². The molecule has 1 aromatic carbocycles. The zero-order valence-corrected chi connectivity index (χ0v) is 12.2. The van der Waals surface area contributed by atoms with Crippen LogP contribution in [0.1, 0.15) is 25.3 Å². The largest absolute Gasteiger partial charge is 0.423 e. The number of allylic oxidation sites excluding steroid dienone is 6. The van der Waals surface area contributed by atoms with E-state index in [0.717, 1.165) is 6.08 Å². The number of ether oxygens (including phenoxy) is 1. The first-order valence-corrected chi connectivity index (χ1v) is 6.89. The van der Waals surface area contributed by atoms with Gasteiger partial charge in [0.2, 0.25) is 0 Å². The first-order valence-electron chi connectivity index (χ1n) is 6.89. The highest BCUT2D eigenvalue weighted by Crippen LogP contribution is 2.31. The third kappa shape index (κ3) is 3.79. The van der Waals surface area contributed by atoms with Crippen LogP contribution in [-0.4, -0.2) is 5.97 Å². The Kier molecular flexibility index (Phi) is 5.04. The van der Waals surface area contributed by atoms with Crippen molar-refractivity contribution in [3.8, 4) is 5.75 Å². The zero-order valence-electron chi connectivity index (χ0n) is 12.2. The van der Waals surface area contributed by atoms with Crippen molar-refractivity contribution < 1.29 is 18.3 Å². The SMILES string of the molecule is C=C(C)C(=O)Oc1ccc(C2=CCC/C=C/C(F)=C2F)cc1. The minimum atomic E-state index is -0.886. The molecule has 0 fully saturated rings. The summed E-state index contributed by atoms with van der Waals surface area (Å²) in [4.78, 5) is 11.4. The van der Waals surface area contributed by atoms with E-state index in [1.54, 1.807) is 31.2 Å². The molecule has 4 heteroatoms. The molecule has 0 amide bonds. The van der Waals surface area contributed by atoms with Crippen LogP contribution in [-0.2, 0) is 4.79 Å². The van der Waals surface area contributed by atoms with E-state index in [1.165, 1.54) is 12.1 Å². The molecule has 1 aliphatic carbocycles. The summed E-state index contributed by atoms with van der Waals surface area (Å²) in [5.74, 6) is -1.97. The Labute approximate surface area is 128 Å². The lowest BCUT2D eigenvalue weighted by atomic mass is 10.0. The maximum absolute atomic E-state index is 14.1. The average Bonchev–Trinajstić information content (AvgIpc) is 2.49. The smallest absolute Gasteiger partial charge is 0.338 e. The second-order valence-electron chi connectivity index (χ2n) is 4.95. The maximum Gasteiger partial charge on any atom is 0.338 e. The van der Waals surface area contributed by atoms with Gasteiger partial charge in [0.15, 0.2) is 11.7 Å². The summed E-state index contributed by atoms with van der Waals surface area (Å²) >= 11 is 0. The summed E-state index contributed by atoms with van der Waals surface area (Å²) in [7, 11) is 0. The van der Waals surface area contributed by atoms with Gasteiger partial charge in [-0.3, -0.25) is 0 Å². The van der Waals surface area contributed by atoms with Crippen LogP contribution in [0.2, 0.25) is 0 Å². The van der Waals surface area contributed by atoms with Crippen LogP contribution >= 0.6 is 0 Å². The van der Waals surface area contributed by atoms with Crippen molar-refractivity contribution in [2.45, 2.75) is 19.8 Å². The fraction of sp³-hybridized carbons (Fsp3) is 0.167. The molecule has 0 saturated carbocycles. The molecular weight excluding hydrogens is 286 g/mol. The predicted molar refractivity (Wildman–Crippen MR) is 82.5 cm³/mol. The third-order valence-electron chi connectivity index (χ3n) is 3.12. The van der Waals surface area contributed by atoms with Crippen LogP contribution in [0.4, 0.5) is 8.78 Å². The Morgan fingerprint density at radius 3 is 2.50 bits per heavy atom. The van der Waals surface area contributed by atoms with Gasteiger partial charge in [0, 0.05) is 11.1 Å². The molecule has 0 bridgehead atoms. The average molecular weight is 302 g/mol. The molecule has 0 unspecified atom stereocenters. The second-order valence-corrected chi connectivity index (χ2v) is 4.95. The molecule has 1 aliphatic rings. The Morgan fingerprint density at radius 1 is 1.18 bits per heavy atom. The number of carbonyl (C=O) groups excluding carboxylic acids is 1. The van der Waals surface area contributed by atoms with Crippen molar-refractivity contribution in [3.05, 3.63) is 71.9 Å². The summed E-state index contributed by atoms with van der Waals surface area (Å²) in [5.41, 5.74) is 1.02. The van der Waals surface area contributed by atoms with E-state index in [4.69, 9.17) is 4.74 Å². The van der Waals surface area contributed by atoms with Crippen LogP contribution in [0, 0.1) is 0 Å². The Bertz CT molecular complexity index is 680. The topological polar surface area (TPSA) is 26.3 Å². The minimum Gasteiger partial charge on any atom is -0.423 e. The summed E-state index contributed by atoms with van der Waals surface area (Å²) in [6.45, 7) is 5.04. The van der Waals surface area contributed by atoms with Crippen molar-refractivity contribution in [1.82, 2.24) is 0 Å². The minimum absolute atomic E-state index is 0.208. The number of carbonyl (C=O) groups is 1. The maximum atomic E-state index is 14.1. The monoisotopic (exact) mass is 302 g/mol. The molecule has 0 aliphatic heterocycles. The summed E-state index contributed by atoms with van der Waals surface area (Å²) in [6, 6.07) is 6.25. The van der Waals surface area contributed by atoms with Gasteiger partial charge in [-0.25, -0.2) is 13.6 Å². The molecule has 0 radical (unpaired) electrons. The van der Waals surface area contributed by atoms with Gasteiger partial charge in [-0.2, -0.15) is 0 Å². The normalized spacial score (nSPS) is 16.4. The van der Waals surface area contributed by atoms with Crippen LogP contribution in [0.15, 0.2) is 66.3 Å². The first-order chi connectivity index (χ1) is 10.5. The Morgan fingerprint density at radius 2 is 1.86 bits per heavy atom. The van der Waals surface area contributed by atoms with E-state index in [-0.39, 0.29) is 11.1 Å². The molecule has 0 aromatic heterocycles. The van der Waals surface area contributed by atoms with Crippen LogP contribution in [0.25, 0.3) is 5.57 Å². The van der Waals surface area contributed by atoms with Gasteiger partial charge >= 0.3 is 5.97 Å². The predicted octanol–water partition coefficient (Wildman–Crippen LogP) is 5.05. The zero-order chi connectivity index (χ0) is 16.1. The fourth-order valence-electron chi connectivity index (χ4n) is 1.94. The number of hydrogen-bond donors (Lipinski definition) is 0. The lowest BCUT2D eigenvalue weighted by molar-refractivity contribution is -0.130. The number of halogens is 2. The van der Waals surface area contributed by atoms with E-state index >= 15 is 0 Å². The van der Waals surface area contributed by atoms with E-state index in [9.17, 15) is 13.6 Å². The number of hydrogen-bond acceptors (Lipinski definition) is 2. The molecule has 114 valence electrons. The van der Waals surface area contributed by atoms with Crippen molar-refractivity contribution >= 4 is 11.5 Å². The van der Waals surface area contributed by atoms with Crippen molar-refractivity contribution in [2.75, 3.05) is 0 Å². The lowest BCUT2D eigenvalue weighted by Crippen LogP contribution is -2.08. The van der Waals surface area contributed by atoms with Crippen LogP contribution < -0.4 is 4.74 Å². The van der Waals surface area contributed by atoms with E-state index in [2.05, 4.69) is 6.58 Å². The molecule has 0 N–H and O–H groups in total. The van der Waals surface area contributed by atoms with Gasteiger partial charge < -0.3 is 4.74 Å². The number of esters is 1. The van der Waals surface area contributed by atoms with Gasteiger partial charge in [-0.05, 0) is 43.5 Å². The van der Waals surface area contributed by atoms with Gasteiger partial charge in [0.1, 0.15) is 5.75 Å². The van der Waals surface area contributed by atoms with Gasteiger partial charge in [0.05, 0.1) is 0 Å². The molecule has 22 heavy (non-hydrogen) atoms. The van der Waals surface area contributed by atoms with E-state index in [0.29, 0.717) is 24.2 Å². The highest BCUT2D eigenvalue weighted by atomic mass is 19.2. The molecule has 0 heterocycles. The lowest BCUT2D eigenvalue weighted by Gasteiger charge is -2.10. The number of benzene rings is 1. The van der Waals surface area contributed by atoms with E-state index < -0.39 is 17.6 Å². The summed E-state index contributed by atoms with van der Waals surface area (Å²) in [6.07, 6.45) is 5.68. The Balaban J connectivity index is 2.26. The van der Waals surface area contributed by atoms with Gasteiger partial charge in [0.25, 0.3) is 0 Å². The number of rotatable bonds is 3. The summed E-state index contributed by atoms with van der Waals surface area (Å²) < 4.78 is 32.7. The third-order valence-corrected chi connectivity index (χ3v) is 3.12. The molecule has 2 nitrogen and oxygen atoms in total.